The van der Waals surface area contributed by atoms with Crippen molar-refractivity contribution in [2.75, 3.05) is 7.11 Å². The molecule has 5 heteroatoms. The van der Waals surface area contributed by atoms with Gasteiger partial charge in [0.25, 0.3) is 0 Å². The van der Waals surface area contributed by atoms with Crippen LogP contribution in [0.5, 0.6) is 5.75 Å². The van der Waals surface area contributed by atoms with Gasteiger partial charge in [0.05, 0.1) is 12.7 Å². The van der Waals surface area contributed by atoms with Gasteiger partial charge in [0.1, 0.15) is 11.6 Å². The Balaban J connectivity index is 1.98. The van der Waals surface area contributed by atoms with Crippen LogP contribution in [0.3, 0.4) is 0 Å². The molecule has 0 fully saturated rings. The minimum atomic E-state index is 0.0244. The topological polar surface area (TPSA) is 59.1 Å². The summed E-state index contributed by atoms with van der Waals surface area (Å²) in [5.74, 6) is 2.43. The highest BCUT2D eigenvalue weighted by Gasteiger charge is 2.07. The molecule has 110 valence electrons. The van der Waals surface area contributed by atoms with Crippen LogP contribution in [0.25, 0.3) is 0 Å². The number of amidine groups is 1. The number of hydrogen-bond donors (Lipinski definition) is 2. The first-order valence-electron chi connectivity index (χ1n) is 6.43. The van der Waals surface area contributed by atoms with Gasteiger partial charge in [-0.1, -0.05) is 29.8 Å². The van der Waals surface area contributed by atoms with E-state index < -0.39 is 0 Å². The third-order valence-electron chi connectivity index (χ3n) is 3.00. The van der Waals surface area contributed by atoms with Crippen LogP contribution in [0.1, 0.15) is 16.7 Å². The van der Waals surface area contributed by atoms with Gasteiger partial charge in [-0.25, -0.2) is 0 Å². The number of methoxy groups -OCH3 is 1. The summed E-state index contributed by atoms with van der Waals surface area (Å²) in [5.41, 5.74) is 8.58. The van der Waals surface area contributed by atoms with Gasteiger partial charge in [-0.3, -0.25) is 5.41 Å². The number of nitrogens with two attached hydrogens (primary N) is 1. The van der Waals surface area contributed by atoms with Crippen molar-refractivity contribution in [3.05, 3.63) is 64.2 Å². The van der Waals surface area contributed by atoms with E-state index in [9.17, 15) is 0 Å². The predicted octanol–water partition coefficient (Wildman–Crippen LogP) is 4.07. The molecule has 21 heavy (non-hydrogen) atoms. The first kappa shape index (κ1) is 15.7. The zero-order chi connectivity index (χ0) is 15.2. The second-order valence-corrected chi connectivity index (χ2v) is 5.99. The fourth-order valence-corrected chi connectivity index (χ4v) is 2.99. The monoisotopic (exact) mass is 320 g/mol. The third kappa shape index (κ3) is 4.41. The van der Waals surface area contributed by atoms with Crippen molar-refractivity contribution in [1.82, 2.24) is 0 Å². The molecule has 0 aliphatic heterocycles. The van der Waals surface area contributed by atoms with E-state index in [1.54, 1.807) is 18.9 Å². The number of rotatable bonds is 6. The van der Waals surface area contributed by atoms with Crippen molar-refractivity contribution in [3.8, 4) is 5.75 Å². The maximum absolute atomic E-state index is 7.59. The van der Waals surface area contributed by atoms with Gasteiger partial charge >= 0.3 is 0 Å². The van der Waals surface area contributed by atoms with Gasteiger partial charge in [0.2, 0.25) is 0 Å². The number of benzene rings is 2. The molecule has 2 rings (SSSR count). The lowest BCUT2D eigenvalue weighted by molar-refractivity contribution is 0.413. The van der Waals surface area contributed by atoms with Gasteiger partial charge in [-0.15, -0.1) is 0 Å². The Morgan fingerprint density at radius 1 is 1.14 bits per heavy atom. The Morgan fingerprint density at radius 2 is 1.76 bits per heavy atom. The first-order valence-corrected chi connectivity index (χ1v) is 7.97. The molecule has 0 amide bonds. The number of ether oxygens (including phenoxy) is 1. The molecule has 0 unspecified atom stereocenters. The van der Waals surface area contributed by atoms with Crippen LogP contribution >= 0.6 is 23.4 Å². The summed E-state index contributed by atoms with van der Waals surface area (Å²) in [5, 5.41) is 8.34. The van der Waals surface area contributed by atoms with Crippen LogP contribution in [0.4, 0.5) is 0 Å². The summed E-state index contributed by atoms with van der Waals surface area (Å²) in [4.78, 5) is 0. The molecule has 0 radical (unpaired) electrons. The zero-order valence-corrected chi connectivity index (χ0v) is 13.3. The van der Waals surface area contributed by atoms with E-state index >= 15 is 0 Å². The summed E-state index contributed by atoms with van der Waals surface area (Å²) in [6, 6.07) is 13.6. The quantitative estimate of drug-likeness (QED) is 0.623. The Bertz CT molecular complexity index is 629. The average Bonchev–Trinajstić information content (AvgIpc) is 2.49. The van der Waals surface area contributed by atoms with E-state index in [0.717, 1.165) is 22.1 Å². The normalized spacial score (nSPS) is 10.4. The van der Waals surface area contributed by atoms with E-state index in [4.69, 9.17) is 27.5 Å². The molecule has 0 heterocycles. The second kappa shape index (κ2) is 7.38. The Hall–Kier alpha value is -1.65. The maximum atomic E-state index is 7.59. The van der Waals surface area contributed by atoms with Crippen molar-refractivity contribution >= 4 is 29.2 Å². The third-order valence-corrected chi connectivity index (χ3v) is 4.33. The summed E-state index contributed by atoms with van der Waals surface area (Å²) >= 11 is 7.67. The van der Waals surface area contributed by atoms with Gasteiger partial charge in [-0.2, -0.15) is 11.8 Å². The van der Waals surface area contributed by atoms with Crippen LogP contribution in [0.15, 0.2) is 42.5 Å². The lowest BCUT2D eigenvalue weighted by Gasteiger charge is -2.09. The molecule has 2 aromatic rings. The lowest BCUT2D eigenvalue weighted by atomic mass is 10.1. The van der Waals surface area contributed by atoms with Gasteiger partial charge < -0.3 is 10.5 Å². The molecule has 0 spiro atoms. The molecule has 0 bridgehead atoms. The highest BCUT2D eigenvalue weighted by atomic mass is 35.5. The molecule has 0 aliphatic carbocycles. The largest absolute Gasteiger partial charge is 0.496 e. The average molecular weight is 321 g/mol. The lowest BCUT2D eigenvalue weighted by Crippen LogP contribution is -2.12. The fourth-order valence-electron chi connectivity index (χ4n) is 1.92. The number of nitrogens with one attached hydrogen (secondary N) is 1. The standard InChI is InChI=1S/C16H17ClN2OS/c1-20-15-7-4-12(8-14(15)16(18)19)10-21-9-11-2-5-13(17)6-3-11/h2-8H,9-10H2,1H3,(H3,18,19). The number of thioether (sulfide) groups is 1. The zero-order valence-electron chi connectivity index (χ0n) is 11.7. The molecule has 0 aromatic heterocycles. The van der Waals surface area contributed by atoms with E-state index in [-0.39, 0.29) is 5.84 Å². The molecular weight excluding hydrogens is 304 g/mol. The van der Waals surface area contributed by atoms with E-state index in [0.29, 0.717) is 11.3 Å². The van der Waals surface area contributed by atoms with Crippen molar-refractivity contribution in [2.45, 2.75) is 11.5 Å². The Kier molecular flexibility index (Phi) is 5.53. The summed E-state index contributed by atoms with van der Waals surface area (Å²) in [6.07, 6.45) is 0. The predicted molar refractivity (Wildman–Crippen MR) is 90.5 cm³/mol. The maximum Gasteiger partial charge on any atom is 0.129 e. The minimum Gasteiger partial charge on any atom is -0.496 e. The summed E-state index contributed by atoms with van der Waals surface area (Å²) < 4.78 is 5.21. The van der Waals surface area contributed by atoms with Crippen LogP contribution in [-0.2, 0) is 11.5 Å². The van der Waals surface area contributed by atoms with E-state index in [1.807, 2.05) is 42.5 Å². The smallest absolute Gasteiger partial charge is 0.129 e. The molecule has 3 N–H and O–H groups in total. The van der Waals surface area contributed by atoms with Gasteiger partial charge in [-0.05, 0) is 35.4 Å². The molecular formula is C16H17ClN2OS. The highest BCUT2D eigenvalue weighted by molar-refractivity contribution is 7.97. The molecule has 0 saturated carbocycles. The molecule has 3 nitrogen and oxygen atoms in total. The number of nitrogen functional groups attached to an aromatic ring is 1. The number of halogens is 1. The number of hydrogen-bond acceptors (Lipinski definition) is 3. The second-order valence-electron chi connectivity index (χ2n) is 4.57. The molecule has 0 aliphatic rings. The van der Waals surface area contributed by atoms with Gasteiger partial charge in [0.15, 0.2) is 0 Å². The Morgan fingerprint density at radius 3 is 2.38 bits per heavy atom. The van der Waals surface area contributed by atoms with Crippen molar-refractivity contribution in [3.63, 3.8) is 0 Å². The summed E-state index contributed by atoms with van der Waals surface area (Å²) in [6.45, 7) is 0. The highest BCUT2D eigenvalue weighted by Crippen LogP contribution is 2.24. The Labute approximate surface area is 134 Å². The molecule has 0 saturated heterocycles. The van der Waals surface area contributed by atoms with Crippen LogP contribution < -0.4 is 10.5 Å². The van der Waals surface area contributed by atoms with Crippen molar-refractivity contribution < 1.29 is 4.74 Å². The van der Waals surface area contributed by atoms with E-state index in [2.05, 4.69) is 0 Å². The molecule has 0 atom stereocenters. The van der Waals surface area contributed by atoms with E-state index in [1.165, 1.54) is 5.56 Å². The van der Waals surface area contributed by atoms with Crippen LogP contribution in [0, 0.1) is 5.41 Å². The fraction of sp³-hybridized carbons (Fsp3) is 0.188. The molecule has 2 aromatic carbocycles. The summed E-state index contributed by atoms with van der Waals surface area (Å²) in [7, 11) is 1.58. The van der Waals surface area contributed by atoms with Crippen LogP contribution in [0.2, 0.25) is 5.02 Å². The van der Waals surface area contributed by atoms with Crippen molar-refractivity contribution in [1.29, 1.82) is 5.41 Å². The van der Waals surface area contributed by atoms with Crippen LogP contribution in [-0.4, -0.2) is 12.9 Å². The van der Waals surface area contributed by atoms with Gasteiger partial charge in [0, 0.05) is 16.5 Å². The minimum absolute atomic E-state index is 0.0244. The van der Waals surface area contributed by atoms with Crippen molar-refractivity contribution in [2.24, 2.45) is 5.73 Å². The first-order chi connectivity index (χ1) is 10.1. The SMILES string of the molecule is COc1ccc(CSCc2ccc(Cl)cc2)cc1C(=N)N.